The average Bonchev–Trinajstić information content (AvgIpc) is 1.57. The van der Waals surface area contributed by atoms with Crippen LogP contribution in [0, 0.1) is 35.5 Å². The number of alkyl halides is 2. The summed E-state index contributed by atoms with van der Waals surface area (Å²) in [5.74, 6) is -12.2. The highest BCUT2D eigenvalue weighted by Crippen LogP contribution is 2.49. The van der Waals surface area contributed by atoms with Crippen molar-refractivity contribution in [1.29, 1.82) is 0 Å². The van der Waals surface area contributed by atoms with Gasteiger partial charge in [0.25, 0.3) is 0 Å². The molecule has 0 aromatic heterocycles. The quantitative estimate of drug-likeness (QED) is 0.0650. The van der Waals surface area contributed by atoms with E-state index in [2.05, 4.69) is 13.2 Å². The Bertz CT molecular complexity index is 3950. The Morgan fingerprint density at radius 2 is 0.918 bits per heavy atom. The SMILES string of the molecule is C=CCO[C@]1(C)C[C@](C)(F)C(=O)[C@H](C)[C@H]2OC(=O)O[C@]2(C)[C@@H](CC)OC(=O)[C@H](C)[C@@H](O)[C@H](C)[C@H]1O[C@@H]1O[C@H](C)C[C@H](N(C)C)[C@H]1OC(=O)c1ccccc1.C=CCO[C@]1(C)C[C@](C)(F)C(=O)[C@H](C)[C@H]2OC(=O)O[C@]2(C)[C@@H](CC)OC(=O)[C@H](C)[C@@H](OC2C[C@@](C)(OC)[C@@H](OC(C)=O)[C@H](C)O2)[C@H](C)[C@H]1O[C@@H]1O[C@H](C)C[C@H](N(C)C)[C@H]1OC(=O)c1ccccc1. The first-order valence-electron chi connectivity index (χ1n) is 42.3. The Morgan fingerprint density at radius 3 is 1.29 bits per heavy atom. The number of fused-ring (bicyclic) bond motifs is 2. The van der Waals surface area contributed by atoms with Crippen molar-refractivity contribution < 1.29 is 142 Å². The second-order valence-electron chi connectivity index (χ2n) is 35.9. The van der Waals surface area contributed by atoms with E-state index in [9.17, 15) is 48.3 Å². The standard InChI is InChI=1S/C50H74FNO16.C40H58FNO12/c1-16-23-59-49(11)26-47(9,51)39(54)30(6)41-50(12,68-46(57)67-41)35(17-2)63-43(55)29(5)37(64-36-25-48(10,58-15)42(31(7)61-36)62-32(8)53)28(4)40(49)66-45-38(34(52(13)14)24-27(3)60-45)65-44(56)33-21-19-18-20-22-33;1-12-19-48-39(8)21-38(7,41)31(44)25(6)33-40(9,54-37(47)53-33)28(13-2)50-34(45)24(5)29(43)23(4)32(39)52-36-30(27(42(10)11)20-22(3)49-36)51-35(46)26-17-15-14-16-18-26/h16,18-22,27-31,34-38,40-42,45H,1,17,23-26H2,2-15H3;12,14-18,22-25,27-30,32-33,36,43H,1,13,19-21H2,2-11H3/t27-,28+,29-,30+,31+,34+,35-,36?,37+,38-,40-,41-,42+,45+,47+,48-,49-,50-;22-,23+,24-,25+,27+,28-,29+,30-,32-,33-,36+,38+,39-,40-/m11/s1. The third-order valence-corrected chi connectivity index (χ3v) is 25.5. The molecule has 32 atom stereocenters. The Labute approximate surface area is 716 Å². The first kappa shape index (κ1) is 99.9. The number of ketones is 2. The number of nitrogens with zero attached hydrogens (tertiary/aromatic N) is 2. The Morgan fingerprint density at radius 1 is 0.525 bits per heavy atom. The summed E-state index contributed by atoms with van der Waals surface area (Å²) in [6.45, 7) is 36.8. The van der Waals surface area contributed by atoms with Crippen LogP contribution in [-0.2, 0) is 109 Å². The van der Waals surface area contributed by atoms with Gasteiger partial charge in [0.05, 0.1) is 114 Å². The number of esters is 5. The van der Waals surface area contributed by atoms with Crippen LogP contribution in [0.4, 0.5) is 18.4 Å². The highest BCUT2D eigenvalue weighted by molar-refractivity contribution is 5.92. The minimum Gasteiger partial charge on any atom is -0.458 e. The number of aliphatic hydroxyl groups excluding tert-OH is 1. The molecule has 0 saturated carbocycles. The molecule has 1 N–H and O–H groups in total. The number of hydrogen-bond donors (Lipinski definition) is 1. The molecule has 0 spiro atoms. The monoisotopic (exact) mass is 1730 g/mol. The fraction of sp³-hybridized carbons (Fsp3) is 0.722. The van der Waals surface area contributed by atoms with Crippen LogP contribution in [0.25, 0.3) is 0 Å². The summed E-state index contributed by atoms with van der Waals surface area (Å²) < 4.78 is 147. The number of Topliss-reactive ketones (excluding diaryl/α,β-unsaturated/α-hetero) is 2. The van der Waals surface area contributed by atoms with E-state index < -0.39 is 258 Å². The number of methoxy groups -OCH3 is 1. The summed E-state index contributed by atoms with van der Waals surface area (Å²) in [6.07, 6.45) is -18.0. The summed E-state index contributed by atoms with van der Waals surface area (Å²) in [5, 5.41) is 12.0. The largest absolute Gasteiger partial charge is 0.509 e. The molecule has 7 aliphatic rings. The van der Waals surface area contributed by atoms with Crippen molar-refractivity contribution in [3.8, 4) is 0 Å². The lowest BCUT2D eigenvalue weighted by atomic mass is 9.72. The lowest BCUT2D eigenvalue weighted by Gasteiger charge is -2.50. The number of carbonyl (C=O) groups excluding carboxylic acids is 9. The number of cyclic esters (lactones) is 2. The van der Waals surface area contributed by atoms with Gasteiger partial charge in [-0.2, -0.15) is 0 Å². The Balaban J connectivity index is 0.000000311. The third-order valence-electron chi connectivity index (χ3n) is 25.5. The van der Waals surface area contributed by atoms with Gasteiger partial charge in [-0.1, -0.05) is 90.1 Å². The van der Waals surface area contributed by atoms with E-state index >= 15 is 8.78 Å². The molecule has 9 rings (SSSR count). The number of halogens is 2. The molecule has 7 heterocycles. The zero-order valence-corrected chi connectivity index (χ0v) is 75.3. The lowest BCUT2D eigenvalue weighted by molar-refractivity contribution is -0.321. The lowest BCUT2D eigenvalue weighted by Crippen LogP contribution is -2.63. The molecule has 0 amide bonds. The van der Waals surface area contributed by atoms with Crippen molar-refractivity contribution in [1.82, 2.24) is 9.80 Å². The topological polar surface area (TPSA) is 346 Å². The van der Waals surface area contributed by atoms with Crippen LogP contribution in [0.2, 0.25) is 0 Å². The van der Waals surface area contributed by atoms with Gasteiger partial charge < -0.3 is 100 Å². The summed E-state index contributed by atoms with van der Waals surface area (Å²) >= 11 is 0. The summed E-state index contributed by atoms with van der Waals surface area (Å²) in [5.41, 5.74) is -12.8. The van der Waals surface area contributed by atoms with Crippen LogP contribution in [0.1, 0.15) is 197 Å². The van der Waals surface area contributed by atoms with Crippen LogP contribution >= 0.6 is 0 Å². The van der Waals surface area contributed by atoms with Gasteiger partial charge in [-0.05, 0) is 161 Å². The van der Waals surface area contributed by atoms with Crippen molar-refractivity contribution in [3.63, 3.8) is 0 Å². The van der Waals surface area contributed by atoms with Gasteiger partial charge in [0.1, 0.15) is 17.8 Å². The number of rotatable bonds is 22. The van der Waals surface area contributed by atoms with E-state index in [4.69, 9.17) is 85.3 Å². The fourth-order valence-electron chi connectivity index (χ4n) is 19.0. The van der Waals surface area contributed by atoms with Crippen molar-refractivity contribution in [3.05, 3.63) is 97.1 Å². The number of likely N-dealkylation sites (N-methyl/N-ethyl adjacent to an activating group) is 2. The molecule has 2 aromatic carbocycles. The second-order valence-corrected chi connectivity index (χ2v) is 35.9. The zero-order valence-electron chi connectivity index (χ0n) is 75.3. The van der Waals surface area contributed by atoms with Gasteiger partial charge in [0, 0.05) is 45.1 Å². The molecular formula is C90H132F2N2O28. The normalized spacial score (nSPS) is 41.3. The van der Waals surface area contributed by atoms with Gasteiger partial charge in [-0.25, -0.2) is 28.0 Å². The second kappa shape index (κ2) is 40.9. The molecule has 122 heavy (non-hydrogen) atoms. The highest BCUT2D eigenvalue weighted by atomic mass is 19.1. The molecule has 30 nitrogen and oxygen atoms in total. The van der Waals surface area contributed by atoms with Gasteiger partial charge in [0.2, 0.25) is 0 Å². The van der Waals surface area contributed by atoms with Gasteiger partial charge >= 0.3 is 42.2 Å². The molecular weight excluding hydrogens is 1590 g/mol. The first-order chi connectivity index (χ1) is 56.9. The van der Waals surface area contributed by atoms with Gasteiger partial charge in [-0.15, -0.1) is 13.2 Å². The average molecular weight is 1730 g/mol. The van der Waals surface area contributed by atoms with Crippen LogP contribution < -0.4 is 0 Å². The van der Waals surface area contributed by atoms with E-state index in [0.717, 1.165) is 13.8 Å². The third kappa shape index (κ3) is 22.3. The van der Waals surface area contributed by atoms with E-state index in [-0.39, 0.29) is 38.0 Å². The van der Waals surface area contributed by atoms with Crippen LogP contribution in [0.15, 0.2) is 86.0 Å². The van der Waals surface area contributed by atoms with E-state index in [0.29, 0.717) is 18.4 Å². The van der Waals surface area contributed by atoms with Gasteiger partial charge in [0.15, 0.2) is 83.5 Å². The van der Waals surface area contributed by atoms with E-state index in [1.165, 1.54) is 60.8 Å². The molecule has 1 unspecified atom stereocenters. The van der Waals surface area contributed by atoms with E-state index in [1.807, 2.05) is 51.8 Å². The molecule has 7 saturated heterocycles. The summed E-state index contributed by atoms with van der Waals surface area (Å²) in [6, 6.07) is 16.0. The van der Waals surface area contributed by atoms with Crippen LogP contribution in [0.5, 0.6) is 0 Å². The number of aliphatic hydroxyl groups is 1. The molecule has 32 heteroatoms. The van der Waals surface area contributed by atoms with Crippen LogP contribution in [0.3, 0.4) is 0 Å². The van der Waals surface area contributed by atoms with E-state index in [1.54, 1.807) is 123 Å². The number of carbonyl (C=O) groups is 9. The first-order valence-corrected chi connectivity index (χ1v) is 42.3. The number of hydrogen-bond acceptors (Lipinski definition) is 30. The predicted octanol–water partition coefficient (Wildman–Crippen LogP) is 11.9. The molecule has 7 aliphatic heterocycles. The molecule has 0 radical (unpaired) electrons. The molecule has 684 valence electrons. The van der Waals surface area contributed by atoms with Crippen molar-refractivity contribution >= 4 is 53.7 Å². The fourth-order valence-corrected chi connectivity index (χ4v) is 19.0. The molecule has 2 aromatic rings. The van der Waals surface area contributed by atoms with Crippen molar-refractivity contribution in [2.75, 3.05) is 48.5 Å². The van der Waals surface area contributed by atoms with Crippen LogP contribution in [-0.4, -0.2) is 273 Å². The Kier molecular flexibility index (Phi) is 33.5. The number of benzene rings is 2. The molecule has 7 fully saturated rings. The smallest absolute Gasteiger partial charge is 0.458 e. The summed E-state index contributed by atoms with van der Waals surface area (Å²) in [4.78, 5) is 126. The maximum absolute atomic E-state index is 17.9. The van der Waals surface area contributed by atoms with Gasteiger partial charge in [-0.3, -0.25) is 24.0 Å². The minimum absolute atomic E-state index is 0.0113. The number of ether oxygens (including phenoxy) is 18. The maximum atomic E-state index is 17.9. The predicted molar refractivity (Wildman–Crippen MR) is 437 cm³/mol. The maximum Gasteiger partial charge on any atom is 0.509 e. The molecule has 0 bridgehead atoms. The highest BCUT2D eigenvalue weighted by Gasteiger charge is 2.65. The zero-order chi connectivity index (χ0) is 91.0. The minimum atomic E-state index is -2.71. The van der Waals surface area contributed by atoms with Crippen molar-refractivity contribution in [2.24, 2.45) is 35.5 Å². The molecule has 0 aliphatic carbocycles. The summed E-state index contributed by atoms with van der Waals surface area (Å²) in [7, 11) is 8.84. The van der Waals surface area contributed by atoms with Crippen molar-refractivity contribution in [2.45, 2.75) is 332 Å². The Hall–Kier alpha value is -7.47.